The minimum absolute atomic E-state index is 0. The first-order valence-electron chi connectivity index (χ1n) is 5.34. The van der Waals surface area contributed by atoms with Gasteiger partial charge in [0.25, 0.3) is 0 Å². The Balaban J connectivity index is 0.00000289. The van der Waals surface area contributed by atoms with Gasteiger partial charge in [-0.15, -0.1) is 12.4 Å². The maximum absolute atomic E-state index is 13.3. The van der Waals surface area contributed by atoms with Gasteiger partial charge in [0.1, 0.15) is 5.82 Å². The van der Waals surface area contributed by atoms with Crippen LogP contribution in [0.1, 0.15) is 18.1 Å². The van der Waals surface area contributed by atoms with E-state index in [9.17, 15) is 9.18 Å². The van der Waals surface area contributed by atoms with Gasteiger partial charge in [-0.3, -0.25) is 4.79 Å². The average Bonchev–Trinajstić information content (AvgIpc) is 2.29. The summed E-state index contributed by atoms with van der Waals surface area (Å²) >= 11 is 0. The molecule has 1 aromatic rings. The second-order valence-corrected chi connectivity index (χ2v) is 3.87. The van der Waals surface area contributed by atoms with Gasteiger partial charge < -0.3 is 15.8 Å². The van der Waals surface area contributed by atoms with Crippen molar-refractivity contribution >= 4 is 18.3 Å². The van der Waals surface area contributed by atoms with Crippen LogP contribution in [0.25, 0.3) is 0 Å². The van der Waals surface area contributed by atoms with Crippen LogP contribution in [0.5, 0.6) is 0 Å². The Morgan fingerprint density at radius 1 is 1.56 bits per heavy atom. The zero-order chi connectivity index (χ0) is 12.8. The van der Waals surface area contributed by atoms with Gasteiger partial charge >= 0.3 is 0 Å². The molecule has 0 aliphatic carbocycles. The first kappa shape index (κ1) is 16.8. The summed E-state index contributed by atoms with van der Waals surface area (Å²) in [6.45, 7) is 2.15. The van der Waals surface area contributed by atoms with E-state index in [0.717, 1.165) is 5.56 Å². The van der Waals surface area contributed by atoms with Gasteiger partial charge in [-0.25, -0.2) is 4.39 Å². The number of carbonyl (C=O) groups is 1. The van der Waals surface area contributed by atoms with E-state index in [1.165, 1.54) is 13.2 Å². The van der Waals surface area contributed by atoms with Crippen LogP contribution in [0.15, 0.2) is 18.2 Å². The highest BCUT2D eigenvalue weighted by molar-refractivity contribution is 5.85. The molecule has 18 heavy (non-hydrogen) atoms. The van der Waals surface area contributed by atoms with Crippen LogP contribution in [-0.4, -0.2) is 19.1 Å². The molecule has 3 N–H and O–H groups in total. The monoisotopic (exact) mass is 276 g/mol. The number of nitrogens with two attached hydrogens (primary N) is 1. The summed E-state index contributed by atoms with van der Waals surface area (Å²) in [6.07, 6.45) is 0. The van der Waals surface area contributed by atoms with Gasteiger partial charge in [-0.2, -0.15) is 0 Å². The molecule has 0 saturated carbocycles. The van der Waals surface area contributed by atoms with Crippen LogP contribution in [0.2, 0.25) is 0 Å². The average molecular weight is 277 g/mol. The fraction of sp³-hybridized carbons (Fsp3) is 0.417. The van der Waals surface area contributed by atoms with E-state index in [1.807, 2.05) is 0 Å². The van der Waals surface area contributed by atoms with E-state index >= 15 is 0 Å². The molecule has 0 aliphatic rings. The summed E-state index contributed by atoms with van der Waals surface area (Å²) in [5, 5.41) is 2.66. The van der Waals surface area contributed by atoms with Crippen molar-refractivity contribution in [3.05, 3.63) is 35.1 Å². The van der Waals surface area contributed by atoms with Crippen molar-refractivity contribution in [3.63, 3.8) is 0 Å². The molecule has 4 nitrogen and oxygen atoms in total. The lowest BCUT2D eigenvalue weighted by Gasteiger charge is -2.09. The van der Waals surface area contributed by atoms with Crippen molar-refractivity contribution in [1.29, 1.82) is 0 Å². The van der Waals surface area contributed by atoms with Crippen LogP contribution < -0.4 is 11.1 Å². The molecule has 1 rings (SSSR count). The summed E-state index contributed by atoms with van der Waals surface area (Å²) in [7, 11) is 1.50. The number of ether oxygens (including phenoxy) is 1. The van der Waals surface area contributed by atoms with E-state index in [2.05, 4.69) is 5.32 Å². The first-order chi connectivity index (χ1) is 8.04. The molecule has 1 atom stereocenters. The molecular weight excluding hydrogens is 259 g/mol. The maximum atomic E-state index is 13.3. The SMILES string of the molecule is COCc1cc(CNC(=O)[C@@H](C)N)ccc1F.Cl. The molecule has 6 heteroatoms. The van der Waals surface area contributed by atoms with Crippen LogP contribution in [-0.2, 0) is 22.7 Å². The summed E-state index contributed by atoms with van der Waals surface area (Å²) < 4.78 is 18.2. The topological polar surface area (TPSA) is 64.3 Å². The number of rotatable bonds is 5. The Hall–Kier alpha value is -1.17. The minimum atomic E-state index is -0.547. The number of amides is 1. The summed E-state index contributed by atoms with van der Waals surface area (Å²) in [4.78, 5) is 11.3. The predicted octanol–water partition coefficient (Wildman–Crippen LogP) is 1.36. The maximum Gasteiger partial charge on any atom is 0.236 e. The second kappa shape index (κ2) is 8.02. The molecule has 0 heterocycles. The predicted molar refractivity (Wildman–Crippen MR) is 69.9 cm³/mol. The van der Waals surface area contributed by atoms with Gasteiger partial charge in [-0.05, 0) is 24.6 Å². The third-order valence-electron chi connectivity index (χ3n) is 2.29. The molecule has 0 spiro atoms. The lowest BCUT2D eigenvalue weighted by molar-refractivity contribution is -0.122. The molecule has 0 saturated heterocycles. The normalized spacial score (nSPS) is 11.6. The van der Waals surface area contributed by atoms with E-state index in [0.29, 0.717) is 12.1 Å². The second-order valence-electron chi connectivity index (χ2n) is 3.87. The highest BCUT2D eigenvalue weighted by Crippen LogP contribution is 2.11. The molecule has 1 aromatic carbocycles. The molecule has 0 fully saturated rings. The number of benzene rings is 1. The Morgan fingerprint density at radius 2 is 2.22 bits per heavy atom. The molecular formula is C12H18ClFN2O2. The fourth-order valence-electron chi connectivity index (χ4n) is 1.35. The van der Waals surface area contributed by atoms with Crippen LogP contribution >= 0.6 is 12.4 Å². The Bertz CT molecular complexity index is 400. The number of methoxy groups -OCH3 is 1. The summed E-state index contributed by atoms with van der Waals surface area (Å²) in [5.74, 6) is -0.545. The number of halogens is 2. The zero-order valence-corrected chi connectivity index (χ0v) is 11.2. The summed E-state index contributed by atoms with van der Waals surface area (Å²) in [6, 6.07) is 4.10. The molecule has 102 valence electrons. The van der Waals surface area contributed by atoms with Gasteiger partial charge in [0.2, 0.25) is 5.91 Å². The van der Waals surface area contributed by atoms with Crippen LogP contribution in [0.3, 0.4) is 0 Å². The van der Waals surface area contributed by atoms with E-state index in [1.54, 1.807) is 19.1 Å². The largest absolute Gasteiger partial charge is 0.380 e. The van der Waals surface area contributed by atoms with Gasteiger partial charge in [-0.1, -0.05) is 6.07 Å². The molecule has 1 amide bonds. The quantitative estimate of drug-likeness (QED) is 0.853. The van der Waals surface area contributed by atoms with Crippen molar-refractivity contribution in [2.75, 3.05) is 7.11 Å². The highest BCUT2D eigenvalue weighted by Gasteiger charge is 2.07. The standard InChI is InChI=1S/C12H17FN2O2.ClH/c1-8(14)12(16)15-6-9-3-4-11(13)10(5-9)7-17-2;/h3-5,8H,6-7,14H2,1-2H3,(H,15,16);1H/t8-;/m1./s1. The third-order valence-corrected chi connectivity index (χ3v) is 2.29. The zero-order valence-electron chi connectivity index (χ0n) is 10.4. The number of hydrogen-bond donors (Lipinski definition) is 2. The molecule has 0 aromatic heterocycles. The molecule has 0 unspecified atom stereocenters. The lowest BCUT2D eigenvalue weighted by atomic mass is 10.1. The number of hydrogen-bond acceptors (Lipinski definition) is 3. The van der Waals surface area contributed by atoms with Gasteiger partial charge in [0, 0.05) is 19.2 Å². The van der Waals surface area contributed by atoms with E-state index < -0.39 is 6.04 Å². The minimum Gasteiger partial charge on any atom is -0.380 e. The third kappa shape index (κ3) is 5.00. The molecule has 0 radical (unpaired) electrons. The van der Waals surface area contributed by atoms with Crippen molar-refractivity contribution in [3.8, 4) is 0 Å². The Labute approximate surface area is 112 Å². The van der Waals surface area contributed by atoms with E-state index in [4.69, 9.17) is 10.5 Å². The fourth-order valence-corrected chi connectivity index (χ4v) is 1.35. The Morgan fingerprint density at radius 3 is 2.78 bits per heavy atom. The smallest absolute Gasteiger partial charge is 0.236 e. The Kier molecular flexibility index (Phi) is 7.50. The van der Waals surface area contributed by atoms with E-state index in [-0.39, 0.29) is 30.7 Å². The van der Waals surface area contributed by atoms with Crippen LogP contribution in [0, 0.1) is 5.82 Å². The summed E-state index contributed by atoms with van der Waals surface area (Å²) in [5.41, 5.74) is 6.69. The molecule has 0 bridgehead atoms. The number of nitrogens with one attached hydrogen (secondary N) is 1. The molecule has 0 aliphatic heterocycles. The number of carbonyl (C=O) groups excluding carboxylic acids is 1. The van der Waals surface area contributed by atoms with Crippen molar-refractivity contribution < 1.29 is 13.9 Å². The first-order valence-corrected chi connectivity index (χ1v) is 5.34. The van der Waals surface area contributed by atoms with Crippen LogP contribution in [0.4, 0.5) is 4.39 Å². The van der Waals surface area contributed by atoms with Gasteiger partial charge in [0.15, 0.2) is 0 Å². The van der Waals surface area contributed by atoms with Crippen molar-refractivity contribution in [1.82, 2.24) is 5.32 Å². The van der Waals surface area contributed by atoms with Gasteiger partial charge in [0.05, 0.1) is 12.6 Å². The van der Waals surface area contributed by atoms with Crippen molar-refractivity contribution in [2.24, 2.45) is 5.73 Å². The highest BCUT2D eigenvalue weighted by atomic mass is 35.5. The lowest BCUT2D eigenvalue weighted by Crippen LogP contribution is -2.37. The van der Waals surface area contributed by atoms with Crippen molar-refractivity contribution in [2.45, 2.75) is 26.1 Å².